The van der Waals surface area contributed by atoms with E-state index in [1.807, 2.05) is 30.3 Å². The highest BCUT2D eigenvalue weighted by Gasteiger charge is 2.31. The number of rotatable bonds is 7. The van der Waals surface area contributed by atoms with Gasteiger partial charge in [-0.15, -0.1) is 13.2 Å². The quantitative estimate of drug-likeness (QED) is 0.415. The summed E-state index contributed by atoms with van der Waals surface area (Å²) < 4.78 is 67.8. The molecule has 0 fully saturated rings. The third-order valence-electron chi connectivity index (χ3n) is 4.18. The minimum atomic E-state index is -4.78. The van der Waals surface area contributed by atoms with Crippen molar-refractivity contribution in [2.75, 3.05) is 15.4 Å². The van der Waals surface area contributed by atoms with Gasteiger partial charge in [0.05, 0.1) is 18.0 Å². The second-order valence-corrected chi connectivity index (χ2v) is 9.04. The summed E-state index contributed by atoms with van der Waals surface area (Å²) in [5.74, 6) is -0.475. The van der Waals surface area contributed by atoms with Crippen LogP contribution < -0.4 is 9.04 Å². The van der Waals surface area contributed by atoms with E-state index in [0.29, 0.717) is 11.3 Å². The van der Waals surface area contributed by atoms with Crippen molar-refractivity contribution in [3.63, 3.8) is 0 Å². The largest absolute Gasteiger partial charge is 0.573 e. The van der Waals surface area contributed by atoms with Crippen molar-refractivity contribution in [2.45, 2.75) is 12.9 Å². The smallest absolute Gasteiger partial charge is 0.406 e. The molecular formula is C20H17BrF3NO3S. The van der Waals surface area contributed by atoms with Gasteiger partial charge in [0.2, 0.25) is 10.0 Å². The van der Waals surface area contributed by atoms with Gasteiger partial charge in [-0.25, -0.2) is 8.42 Å². The molecule has 0 aliphatic carbocycles. The molecule has 0 saturated carbocycles. The van der Waals surface area contributed by atoms with Crippen LogP contribution in [-0.4, -0.2) is 25.9 Å². The van der Waals surface area contributed by atoms with E-state index in [0.717, 1.165) is 10.8 Å². The zero-order valence-corrected chi connectivity index (χ0v) is 17.5. The van der Waals surface area contributed by atoms with Crippen molar-refractivity contribution in [1.29, 1.82) is 0 Å². The van der Waals surface area contributed by atoms with E-state index >= 15 is 0 Å². The summed E-state index contributed by atoms with van der Waals surface area (Å²) in [4.78, 5) is 0. The highest BCUT2D eigenvalue weighted by Crippen LogP contribution is 2.28. The lowest BCUT2D eigenvalue weighted by Crippen LogP contribution is -2.33. The third kappa shape index (κ3) is 5.63. The Morgan fingerprint density at radius 3 is 2.21 bits per heavy atom. The van der Waals surface area contributed by atoms with Gasteiger partial charge in [0.25, 0.3) is 0 Å². The molecule has 0 bridgehead atoms. The lowest BCUT2D eigenvalue weighted by Gasteiger charge is -2.25. The van der Waals surface area contributed by atoms with Crippen molar-refractivity contribution in [3.05, 3.63) is 72.3 Å². The van der Waals surface area contributed by atoms with Crippen molar-refractivity contribution in [3.8, 4) is 5.75 Å². The fraction of sp³-hybridized carbons (Fsp3) is 0.200. The SMILES string of the molecule is O=S(=O)(CCBr)N(Cc1ccc(OC(F)(F)F)cc1)c1ccc2ccccc2c1. The van der Waals surface area contributed by atoms with Crippen molar-refractivity contribution < 1.29 is 26.3 Å². The number of anilines is 1. The number of hydrogen-bond donors (Lipinski definition) is 0. The molecule has 0 saturated heterocycles. The van der Waals surface area contributed by atoms with Crippen LogP contribution in [-0.2, 0) is 16.6 Å². The Kier molecular flexibility index (Phi) is 6.38. The standard InChI is InChI=1S/C20H17BrF3NO3S/c21-11-12-29(26,27)25(18-8-7-16-3-1-2-4-17(16)13-18)14-15-5-9-19(10-6-15)28-20(22,23)24/h1-10,13H,11-12,14H2. The maximum atomic E-state index is 12.8. The van der Waals surface area contributed by atoms with Gasteiger partial charge >= 0.3 is 6.36 Å². The summed E-state index contributed by atoms with van der Waals surface area (Å²) in [6.07, 6.45) is -4.78. The van der Waals surface area contributed by atoms with Crippen molar-refractivity contribution >= 4 is 42.4 Å². The number of alkyl halides is 4. The number of halogens is 4. The van der Waals surface area contributed by atoms with Gasteiger partial charge in [-0.3, -0.25) is 4.31 Å². The number of hydrogen-bond acceptors (Lipinski definition) is 3. The average molecular weight is 488 g/mol. The highest BCUT2D eigenvalue weighted by molar-refractivity contribution is 9.09. The second kappa shape index (κ2) is 8.62. The fourth-order valence-electron chi connectivity index (χ4n) is 2.85. The number of nitrogens with zero attached hydrogens (tertiary/aromatic N) is 1. The highest BCUT2D eigenvalue weighted by atomic mass is 79.9. The van der Waals surface area contributed by atoms with Gasteiger partial charge in [0.1, 0.15) is 5.75 Å². The van der Waals surface area contributed by atoms with E-state index in [4.69, 9.17) is 0 Å². The second-order valence-electron chi connectivity index (χ2n) is 6.23. The molecule has 0 unspecified atom stereocenters. The molecule has 3 rings (SSSR count). The molecule has 0 amide bonds. The van der Waals surface area contributed by atoms with E-state index in [-0.39, 0.29) is 23.4 Å². The molecule has 9 heteroatoms. The lowest BCUT2D eigenvalue weighted by atomic mass is 10.1. The van der Waals surface area contributed by atoms with Crippen molar-refractivity contribution in [1.82, 2.24) is 0 Å². The molecule has 0 aromatic heterocycles. The van der Waals surface area contributed by atoms with Crippen LogP contribution in [0.3, 0.4) is 0 Å². The fourth-order valence-corrected chi connectivity index (χ4v) is 5.28. The van der Waals surface area contributed by atoms with Gasteiger partial charge in [0, 0.05) is 5.33 Å². The zero-order chi connectivity index (χ0) is 21.1. The first kappa shape index (κ1) is 21.4. The molecule has 29 heavy (non-hydrogen) atoms. The first-order chi connectivity index (χ1) is 13.7. The predicted octanol–water partition coefficient (Wildman–Crippen LogP) is 5.47. The van der Waals surface area contributed by atoms with Crippen LogP contribution in [0.2, 0.25) is 0 Å². The molecule has 0 spiro atoms. The number of ether oxygens (including phenoxy) is 1. The van der Waals surface area contributed by atoms with Gasteiger partial charge in [0.15, 0.2) is 0 Å². The number of fused-ring (bicyclic) bond motifs is 1. The van der Waals surface area contributed by atoms with Gasteiger partial charge < -0.3 is 4.74 Å². The van der Waals surface area contributed by atoms with E-state index < -0.39 is 16.4 Å². The first-order valence-corrected chi connectivity index (χ1v) is 11.3. The number of benzene rings is 3. The molecule has 3 aromatic carbocycles. The average Bonchev–Trinajstić information content (AvgIpc) is 2.65. The van der Waals surface area contributed by atoms with Gasteiger partial charge in [-0.05, 0) is 40.6 Å². The van der Waals surface area contributed by atoms with Gasteiger partial charge in [-0.2, -0.15) is 0 Å². The first-order valence-electron chi connectivity index (χ1n) is 8.58. The summed E-state index contributed by atoms with van der Waals surface area (Å²) in [5, 5.41) is 2.12. The monoisotopic (exact) mass is 487 g/mol. The molecule has 0 atom stereocenters. The lowest BCUT2D eigenvalue weighted by molar-refractivity contribution is -0.274. The third-order valence-corrected chi connectivity index (χ3v) is 6.83. The Hall–Kier alpha value is -2.26. The topological polar surface area (TPSA) is 46.6 Å². The predicted molar refractivity (Wildman–Crippen MR) is 111 cm³/mol. The molecule has 0 radical (unpaired) electrons. The van der Waals surface area contributed by atoms with Crippen LogP contribution in [0.15, 0.2) is 66.7 Å². The maximum absolute atomic E-state index is 12.8. The van der Waals surface area contributed by atoms with E-state index in [2.05, 4.69) is 20.7 Å². The van der Waals surface area contributed by atoms with Crippen LogP contribution in [0.5, 0.6) is 5.75 Å². The van der Waals surface area contributed by atoms with Crippen LogP contribution in [0.1, 0.15) is 5.56 Å². The Morgan fingerprint density at radius 1 is 0.931 bits per heavy atom. The summed E-state index contributed by atoms with van der Waals surface area (Å²) in [6, 6.07) is 18.1. The Balaban J connectivity index is 1.93. The van der Waals surface area contributed by atoms with Gasteiger partial charge in [-0.1, -0.05) is 58.4 Å². The van der Waals surface area contributed by atoms with Crippen LogP contribution >= 0.6 is 15.9 Å². The molecular weight excluding hydrogens is 471 g/mol. The summed E-state index contributed by atoms with van der Waals surface area (Å²) in [7, 11) is -3.66. The Morgan fingerprint density at radius 2 is 1.59 bits per heavy atom. The van der Waals surface area contributed by atoms with E-state index in [1.54, 1.807) is 12.1 Å². The van der Waals surface area contributed by atoms with Crippen LogP contribution in [0, 0.1) is 0 Å². The van der Waals surface area contributed by atoms with Crippen LogP contribution in [0.25, 0.3) is 10.8 Å². The van der Waals surface area contributed by atoms with Crippen LogP contribution in [0.4, 0.5) is 18.9 Å². The molecule has 154 valence electrons. The Labute approximate surface area is 175 Å². The van der Waals surface area contributed by atoms with E-state index in [1.165, 1.54) is 28.6 Å². The summed E-state index contributed by atoms with van der Waals surface area (Å²) in [6.45, 7) is -0.0139. The molecule has 3 aromatic rings. The minimum Gasteiger partial charge on any atom is -0.406 e. The maximum Gasteiger partial charge on any atom is 0.573 e. The number of sulfonamides is 1. The molecule has 4 nitrogen and oxygen atoms in total. The minimum absolute atomic E-state index is 0.0139. The summed E-state index contributed by atoms with van der Waals surface area (Å²) >= 11 is 3.16. The Bertz CT molecular complexity index is 1090. The normalized spacial score (nSPS) is 12.1. The molecule has 0 heterocycles. The molecule has 0 aliphatic rings. The van der Waals surface area contributed by atoms with Crippen molar-refractivity contribution in [2.24, 2.45) is 0 Å². The summed E-state index contributed by atoms with van der Waals surface area (Å²) in [5.41, 5.74) is 1.02. The van der Waals surface area contributed by atoms with E-state index in [9.17, 15) is 21.6 Å². The molecule has 0 N–H and O–H groups in total. The zero-order valence-electron chi connectivity index (χ0n) is 15.1. The molecule has 0 aliphatic heterocycles.